The normalized spacial score (nSPS) is 21.9. The Morgan fingerprint density at radius 3 is 3.00 bits per heavy atom. The van der Waals surface area contributed by atoms with Crippen LogP contribution in [0, 0.1) is 12.3 Å². The molecule has 12 heavy (non-hydrogen) atoms. The van der Waals surface area contributed by atoms with Crippen molar-refractivity contribution in [2.75, 3.05) is 0 Å². The van der Waals surface area contributed by atoms with Gasteiger partial charge in [0.2, 0.25) is 0 Å². The lowest BCUT2D eigenvalue weighted by molar-refractivity contribution is 0.592. The van der Waals surface area contributed by atoms with Crippen molar-refractivity contribution in [1.82, 2.24) is 0 Å². The van der Waals surface area contributed by atoms with Crippen LogP contribution in [0.4, 0.5) is 0 Å². The maximum absolute atomic E-state index is 2.48. The third-order valence-electron chi connectivity index (χ3n) is 2.59. The Kier molecular flexibility index (Phi) is 5.14. The van der Waals surface area contributed by atoms with Crippen LogP contribution in [-0.2, 0) is 0 Å². The molecule has 0 heterocycles. The second kappa shape index (κ2) is 6.28. The zero-order chi connectivity index (χ0) is 8.65. The quantitative estimate of drug-likeness (QED) is 0.410. The summed E-state index contributed by atoms with van der Waals surface area (Å²) < 4.78 is 0. The molecule has 0 amide bonds. The Balaban J connectivity index is 1.85. The van der Waals surface area contributed by atoms with E-state index in [2.05, 4.69) is 25.5 Å². The van der Waals surface area contributed by atoms with Gasteiger partial charge < -0.3 is 0 Å². The van der Waals surface area contributed by atoms with Crippen LogP contribution >= 0.6 is 0 Å². The SMILES string of the molecule is CCCCC[CH]CC1C=CCC1. The Morgan fingerprint density at radius 2 is 2.33 bits per heavy atom. The van der Waals surface area contributed by atoms with Gasteiger partial charge in [-0.3, -0.25) is 0 Å². The molecule has 69 valence electrons. The smallest absolute Gasteiger partial charge is 0.0228 e. The molecule has 0 heteroatoms. The Hall–Kier alpha value is -0.260. The summed E-state index contributed by atoms with van der Waals surface area (Å²) >= 11 is 0. The Bertz CT molecular complexity index is 124. The van der Waals surface area contributed by atoms with E-state index in [4.69, 9.17) is 0 Å². The first-order chi connectivity index (χ1) is 5.93. The third kappa shape index (κ3) is 3.94. The Morgan fingerprint density at radius 1 is 1.42 bits per heavy atom. The first-order valence-electron chi connectivity index (χ1n) is 5.42. The van der Waals surface area contributed by atoms with E-state index in [1.807, 2.05) is 0 Å². The Labute approximate surface area is 77.1 Å². The largest absolute Gasteiger partial charge is 0.0882 e. The van der Waals surface area contributed by atoms with Gasteiger partial charge in [-0.1, -0.05) is 44.8 Å². The minimum absolute atomic E-state index is 0.881. The molecule has 1 aliphatic rings. The summed E-state index contributed by atoms with van der Waals surface area (Å²) in [5.74, 6) is 0.881. The zero-order valence-corrected chi connectivity index (χ0v) is 8.26. The molecular weight excluding hydrogens is 144 g/mol. The highest BCUT2D eigenvalue weighted by Gasteiger charge is 2.07. The fourth-order valence-electron chi connectivity index (χ4n) is 1.76. The van der Waals surface area contributed by atoms with E-state index in [0.717, 1.165) is 5.92 Å². The maximum Gasteiger partial charge on any atom is -0.0228 e. The highest BCUT2D eigenvalue weighted by Crippen LogP contribution is 2.22. The molecule has 1 radical (unpaired) electrons. The van der Waals surface area contributed by atoms with Gasteiger partial charge in [-0.25, -0.2) is 0 Å². The lowest BCUT2D eigenvalue weighted by atomic mass is 10.0. The maximum atomic E-state index is 2.48. The molecule has 1 atom stereocenters. The van der Waals surface area contributed by atoms with Crippen molar-refractivity contribution in [2.45, 2.75) is 51.9 Å². The van der Waals surface area contributed by atoms with Crippen LogP contribution in [-0.4, -0.2) is 0 Å². The number of allylic oxidation sites excluding steroid dienone is 2. The van der Waals surface area contributed by atoms with Crippen molar-refractivity contribution in [3.63, 3.8) is 0 Å². The predicted octanol–water partition coefficient (Wildman–Crippen LogP) is 4.13. The molecule has 1 rings (SSSR count). The van der Waals surface area contributed by atoms with E-state index in [1.165, 1.54) is 44.9 Å². The van der Waals surface area contributed by atoms with Crippen molar-refractivity contribution in [3.05, 3.63) is 18.6 Å². The monoisotopic (exact) mass is 165 g/mol. The van der Waals surface area contributed by atoms with Gasteiger partial charge in [-0.2, -0.15) is 0 Å². The lowest BCUT2D eigenvalue weighted by Gasteiger charge is -2.05. The molecular formula is C12H21. The number of unbranched alkanes of at least 4 members (excludes halogenated alkanes) is 4. The van der Waals surface area contributed by atoms with E-state index in [1.54, 1.807) is 0 Å². The number of hydrogen-bond acceptors (Lipinski definition) is 0. The standard InChI is InChI=1S/C12H21/c1-2-3-4-5-6-9-12-10-7-8-11-12/h6-7,10,12H,2-5,8-9,11H2,1H3. The van der Waals surface area contributed by atoms with Gasteiger partial charge in [0.15, 0.2) is 0 Å². The van der Waals surface area contributed by atoms with Gasteiger partial charge in [0.1, 0.15) is 0 Å². The van der Waals surface area contributed by atoms with Crippen molar-refractivity contribution in [1.29, 1.82) is 0 Å². The summed E-state index contributed by atoms with van der Waals surface area (Å²) in [4.78, 5) is 0. The molecule has 0 bridgehead atoms. The highest BCUT2D eigenvalue weighted by molar-refractivity contribution is 4.97. The summed E-state index contributed by atoms with van der Waals surface area (Å²) in [6, 6.07) is 0. The van der Waals surface area contributed by atoms with Crippen molar-refractivity contribution >= 4 is 0 Å². The van der Waals surface area contributed by atoms with Gasteiger partial charge in [-0.15, -0.1) is 0 Å². The van der Waals surface area contributed by atoms with Crippen molar-refractivity contribution in [2.24, 2.45) is 5.92 Å². The van der Waals surface area contributed by atoms with E-state index in [9.17, 15) is 0 Å². The van der Waals surface area contributed by atoms with Crippen molar-refractivity contribution < 1.29 is 0 Å². The molecule has 1 unspecified atom stereocenters. The fraction of sp³-hybridized carbons (Fsp3) is 0.750. The molecule has 0 aromatic carbocycles. The molecule has 0 spiro atoms. The van der Waals surface area contributed by atoms with E-state index in [0.29, 0.717) is 0 Å². The lowest BCUT2D eigenvalue weighted by Crippen LogP contribution is -1.91. The van der Waals surface area contributed by atoms with Crippen molar-refractivity contribution in [3.8, 4) is 0 Å². The molecule has 0 fully saturated rings. The molecule has 0 saturated carbocycles. The predicted molar refractivity (Wildman–Crippen MR) is 54.9 cm³/mol. The highest BCUT2D eigenvalue weighted by atomic mass is 14.1. The molecule has 0 N–H and O–H groups in total. The van der Waals surface area contributed by atoms with Crippen LogP contribution in [0.3, 0.4) is 0 Å². The minimum Gasteiger partial charge on any atom is -0.0882 e. The minimum atomic E-state index is 0.881. The van der Waals surface area contributed by atoms with Crippen LogP contribution in [0.25, 0.3) is 0 Å². The van der Waals surface area contributed by atoms with Gasteiger partial charge in [-0.05, 0) is 31.6 Å². The first kappa shape index (κ1) is 9.83. The summed E-state index contributed by atoms with van der Waals surface area (Å²) in [5, 5.41) is 0. The second-order valence-corrected chi connectivity index (χ2v) is 3.79. The average molecular weight is 165 g/mol. The first-order valence-corrected chi connectivity index (χ1v) is 5.42. The second-order valence-electron chi connectivity index (χ2n) is 3.79. The molecule has 1 aliphatic carbocycles. The van der Waals surface area contributed by atoms with Gasteiger partial charge in [0.05, 0.1) is 0 Å². The van der Waals surface area contributed by atoms with E-state index >= 15 is 0 Å². The van der Waals surface area contributed by atoms with Crippen LogP contribution in [0.5, 0.6) is 0 Å². The van der Waals surface area contributed by atoms with E-state index in [-0.39, 0.29) is 0 Å². The summed E-state index contributed by atoms with van der Waals surface area (Å²) in [6.07, 6.45) is 16.7. The van der Waals surface area contributed by atoms with Crippen LogP contribution in [0.15, 0.2) is 12.2 Å². The molecule has 0 aliphatic heterocycles. The molecule has 0 aromatic heterocycles. The van der Waals surface area contributed by atoms with E-state index < -0.39 is 0 Å². The zero-order valence-electron chi connectivity index (χ0n) is 8.26. The van der Waals surface area contributed by atoms with Crippen LogP contribution in [0.2, 0.25) is 0 Å². The summed E-state index contributed by atoms with van der Waals surface area (Å²) in [5.41, 5.74) is 0. The third-order valence-corrected chi connectivity index (χ3v) is 2.59. The number of hydrogen-bond donors (Lipinski definition) is 0. The molecule has 0 nitrogen and oxygen atoms in total. The number of rotatable bonds is 6. The topological polar surface area (TPSA) is 0 Å². The summed E-state index contributed by atoms with van der Waals surface area (Å²) in [7, 11) is 0. The summed E-state index contributed by atoms with van der Waals surface area (Å²) in [6.45, 7) is 2.26. The van der Waals surface area contributed by atoms with Gasteiger partial charge >= 0.3 is 0 Å². The molecule has 0 aromatic rings. The van der Waals surface area contributed by atoms with Crippen LogP contribution in [0.1, 0.15) is 51.9 Å². The average Bonchev–Trinajstić information content (AvgIpc) is 2.57. The molecule has 0 saturated heterocycles. The fourth-order valence-corrected chi connectivity index (χ4v) is 1.76. The van der Waals surface area contributed by atoms with Gasteiger partial charge in [0.25, 0.3) is 0 Å². The van der Waals surface area contributed by atoms with Crippen LogP contribution < -0.4 is 0 Å². The van der Waals surface area contributed by atoms with Gasteiger partial charge in [0, 0.05) is 0 Å².